The Morgan fingerprint density at radius 2 is 1.69 bits per heavy atom. The molecule has 0 spiro atoms. The normalized spacial score (nSPS) is 13.9. The molecule has 1 saturated heterocycles. The molecule has 2 aromatic carbocycles. The van der Waals surface area contributed by atoms with Gasteiger partial charge in [0.2, 0.25) is 5.91 Å². The van der Waals surface area contributed by atoms with E-state index >= 15 is 0 Å². The van der Waals surface area contributed by atoms with Crippen molar-refractivity contribution < 1.29 is 19.1 Å². The largest absolute Gasteiger partial charge is 0.497 e. The average Bonchev–Trinajstić information content (AvgIpc) is 2.78. The smallest absolute Gasteiger partial charge is 0.254 e. The maximum atomic E-state index is 12.7. The fourth-order valence-electron chi connectivity index (χ4n) is 3.50. The Labute approximate surface area is 172 Å². The van der Waals surface area contributed by atoms with Gasteiger partial charge in [-0.15, -0.1) is 0 Å². The molecule has 0 radical (unpaired) electrons. The van der Waals surface area contributed by atoms with Crippen molar-refractivity contribution in [1.29, 1.82) is 0 Å². The molecule has 0 aliphatic carbocycles. The Morgan fingerprint density at radius 3 is 2.41 bits per heavy atom. The summed E-state index contributed by atoms with van der Waals surface area (Å²) in [6.45, 7) is 4.75. The number of benzene rings is 2. The van der Waals surface area contributed by atoms with Crippen LogP contribution in [0, 0.1) is 0 Å². The van der Waals surface area contributed by atoms with Crippen molar-refractivity contribution in [3.05, 3.63) is 59.7 Å². The Morgan fingerprint density at radius 1 is 0.966 bits per heavy atom. The molecule has 1 aliphatic heterocycles. The van der Waals surface area contributed by atoms with Crippen molar-refractivity contribution in [2.45, 2.75) is 19.8 Å². The highest BCUT2D eigenvalue weighted by Crippen LogP contribution is 2.20. The monoisotopic (exact) mass is 396 g/mol. The summed E-state index contributed by atoms with van der Waals surface area (Å²) in [5.74, 6) is 1.60. The first-order chi connectivity index (χ1) is 14.1. The molecule has 2 amide bonds. The van der Waals surface area contributed by atoms with Gasteiger partial charge in [-0.3, -0.25) is 9.59 Å². The number of nitrogens with zero attached hydrogens (tertiary/aromatic N) is 2. The molecule has 0 unspecified atom stereocenters. The third-order valence-corrected chi connectivity index (χ3v) is 5.12. The number of carbonyl (C=O) groups is 2. The van der Waals surface area contributed by atoms with Gasteiger partial charge in [-0.1, -0.05) is 24.3 Å². The minimum absolute atomic E-state index is 0.0263. The second-order valence-electron chi connectivity index (χ2n) is 6.95. The molecule has 0 aromatic heterocycles. The van der Waals surface area contributed by atoms with E-state index in [-0.39, 0.29) is 11.8 Å². The molecule has 0 N–H and O–H groups in total. The van der Waals surface area contributed by atoms with Crippen molar-refractivity contribution in [2.75, 3.05) is 39.9 Å². The number of para-hydroxylation sites is 1. The molecule has 3 rings (SSSR count). The Kier molecular flexibility index (Phi) is 7.11. The van der Waals surface area contributed by atoms with Crippen LogP contribution >= 0.6 is 0 Å². The van der Waals surface area contributed by atoms with Gasteiger partial charge in [0.15, 0.2) is 0 Å². The zero-order valence-corrected chi connectivity index (χ0v) is 17.1. The number of hydrogen-bond donors (Lipinski definition) is 0. The molecule has 6 heteroatoms. The quantitative estimate of drug-likeness (QED) is 0.722. The molecular weight excluding hydrogens is 368 g/mol. The van der Waals surface area contributed by atoms with Crippen LogP contribution in [0.1, 0.15) is 29.3 Å². The topological polar surface area (TPSA) is 59.1 Å². The minimum atomic E-state index is -0.0263. The predicted molar refractivity (Wildman–Crippen MR) is 111 cm³/mol. The lowest BCUT2D eigenvalue weighted by molar-refractivity contribution is -0.132. The van der Waals surface area contributed by atoms with Gasteiger partial charge < -0.3 is 19.3 Å². The molecule has 0 bridgehead atoms. The van der Waals surface area contributed by atoms with E-state index in [1.807, 2.05) is 48.2 Å². The summed E-state index contributed by atoms with van der Waals surface area (Å²) in [6, 6.07) is 15.0. The molecule has 0 atom stereocenters. The summed E-state index contributed by atoms with van der Waals surface area (Å²) < 4.78 is 10.8. The van der Waals surface area contributed by atoms with E-state index in [0.717, 1.165) is 11.3 Å². The first-order valence-corrected chi connectivity index (χ1v) is 10.0. The number of piperazine rings is 1. The molecule has 1 aliphatic rings. The average molecular weight is 396 g/mol. The Bertz CT molecular complexity index is 844. The SMILES string of the molecule is CCOc1ccccc1CCC(=O)N1CCN(C(=O)c2cccc(OC)c2)CC1. The standard InChI is InChI=1S/C23H28N2O4/c1-3-29-21-10-5-4-7-18(21)11-12-22(26)24-13-15-25(16-14-24)23(27)19-8-6-9-20(17-19)28-2/h4-10,17H,3,11-16H2,1-2H3. The molecule has 2 aromatic rings. The first-order valence-electron chi connectivity index (χ1n) is 10.0. The fourth-order valence-corrected chi connectivity index (χ4v) is 3.50. The van der Waals surface area contributed by atoms with E-state index in [1.165, 1.54) is 0 Å². The third kappa shape index (κ3) is 5.28. The molecule has 29 heavy (non-hydrogen) atoms. The van der Waals surface area contributed by atoms with Crippen LogP contribution in [0.25, 0.3) is 0 Å². The third-order valence-electron chi connectivity index (χ3n) is 5.12. The van der Waals surface area contributed by atoms with Crippen molar-refractivity contribution in [1.82, 2.24) is 9.80 Å². The molecule has 1 fully saturated rings. The maximum absolute atomic E-state index is 12.7. The van der Waals surface area contributed by atoms with Crippen molar-refractivity contribution in [3.8, 4) is 11.5 Å². The first kappa shape index (κ1) is 20.7. The highest BCUT2D eigenvalue weighted by Gasteiger charge is 2.25. The number of rotatable bonds is 7. The minimum Gasteiger partial charge on any atom is -0.497 e. The van der Waals surface area contributed by atoms with Gasteiger partial charge >= 0.3 is 0 Å². The van der Waals surface area contributed by atoms with Crippen LogP contribution in [0.5, 0.6) is 11.5 Å². The van der Waals surface area contributed by atoms with Crippen LogP contribution in [0.3, 0.4) is 0 Å². The van der Waals surface area contributed by atoms with Crippen LogP contribution in [0.2, 0.25) is 0 Å². The lowest BCUT2D eigenvalue weighted by Crippen LogP contribution is -2.50. The van der Waals surface area contributed by atoms with E-state index in [2.05, 4.69) is 0 Å². The second-order valence-corrected chi connectivity index (χ2v) is 6.95. The number of hydrogen-bond acceptors (Lipinski definition) is 4. The molecule has 1 heterocycles. The van der Waals surface area contributed by atoms with E-state index in [0.29, 0.717) is 56.9 Å². The summed E-state index contributed by atoms with van der Waals surface area (Å²) in [4.78, 5) is 29.0. The van der Waals surface area contributed by atoms with Gasteiger partial charge in [-0.05, 0) is 43.2 Å². The van der Waals surface area contributed by atoms with Gasteiger partial charge in [0.1, 0.15) is 11.5 Å². The van der Waals surface area contributed by atoms with Gasteiger partial charge in [0.05, 0.1) is 13.7 Å². The van der Waals surface area contributed by atoms with E-state index in [1.54, 1.807) is 24.1 Å². The Hall–Kier alpha value is -3.02. The highest BCUT2D eigenvalue weighted by molar-refractivity contribution is 5.94. The summed E-state index contributed by atoms with van der Waals surface area (Å²) in [7, 11) is 1.58. The lowest BCUT2D eigenvalue weighted by Gasteiger charge is -2.35. The van der Waals surface area contributed by atoms with Crippen molar-refractivity contribution in [3.63, 3.8) is 0 Å². The van der Waals surface area contributed by atoms with Crippen LogP contribution in [0.15, 0.2) is 48.5 Å². The van der Waals surface area contributed by atoms with Gasteiger partial charge in [0.25, 0.3) is 5.91 Å². The summed E-state index contributed by atoms with van der Waals surface area (Å²) in [5, 5.41) is 0. The second kappa shape index (κ2) is 9.96. The van der Waals surface area contributed by atoms with Crippen LogP contribution in [-0.2, 0) is 11.2 Å². The Balaban J connectivity index is 1.51. The van der Waals surface area contributed by atoms with Gasteiger partial charge in [0, 0.05) is 38.2 Å². The molecule has 154 valence electrons. The highest BCUT2D eigenvalue weighted by atomic mass is 16.5. The molecular formula is C23H28N2O4. The number of carbonyl (C=O) groups excluding carboxylic acids is 2. The maximum Gasteiger partial charge on any atom is 0.254 e. The van der Waals surface area contributed by atoms with E-state index < -0.39 is 0 Å². The van der Waals surface area contributed by atoms with Crippen molar-refractivity contribution >= 4 is 11.8 Å². The van der Waals surface area contributed by atoms with Crippen LogP contribution < -0.4 is 9.47 Å². The van der Waals surface area contributed by atoms with Gasteiger partial charge in [-0.25, -0.2) is 0 Å². The zero-order chi connectivity index (χ0) is 20.6. The number of amides is 2. The van der Waals surface area contributed by atoms with Crippen LogP contribution in [0.4, 0.5) is 0 Å². The van der Waals surface area contributed by atoms with E-state index in [9.17, 15) is 9.59 Å². The summed E-state index contributed by atoms with van der Waals surface area (Å²) in [6.07, 6.45) is 1.09. The summed E-state index contributed by atoms with van der Waals surface area (Å²) >= 11 is 0. The predicted octanol–water partition coefficient (Wildman–Crippen LogP) is 3.01. The summed E-state index contributed by atoms with van der Waals surface area (Å²) in [5.41, 5.74) is 1.66. The van der Waals surface area contributed by atoms with Crippen LogP contribution in [-0.4, -0.2) is 61.5 Å². The molecule has 6 nitrogen and oxygen atoms in total. The zero-order valence-electron chi connectivity index (χ0n) is 17.1. The number of aryl methyl sites for hydroxylation is 1. The van der Waals surface area contributed by atoms with E-state index in [4.69, 9.17) is 9.47 Å². The molecule has 0 saturated carbocycles. The number of methoxy groups -OCH3 is 1. The lowest BCUT2D eigenvalue weighted by atomic mass is 10.1. The number of ether oxygens (including phenoxy) is 2. The van der Waals surface area contributed by atoms with Crippen molar-refractivity contribution in [2.24, 2.45) is 0 Å². The van der Waals surface area contributed by atoms with Gasteiger partial charge in [-0.2, -0.15) is 0 Å². The fraction of sp³-hybridized carbons (Fsp3) is 0.391.